The first-order valence-electron chi connectivity index (χ1n) is 7.33. The topological polar surface area (TPSA) is 46.1 Å². The van der Waals surface area contributed by atoms with Crippen LogP contribution in [0.4, 0.5) is 0 Å². The summed E-state index contributed by atoms with van der Waals surface area (Å²) in [5.74, 6) is 0.777. The van der Waals surface area contributed by atoms with Gasteiger partial charge in [-0.2, -0.15) is 0 Å². The summed E-state index contributed by atoms with van der Waals surface area (Å²) in [6.07, 6.45) is 7.64. The molecule has 2 aliphatic rings. The molecule has 0 saturated carbocycles. The number of hydrogen-bond donors (Lipinski definition) is 2. The first-order valence-corrected chi connectivity index (χ1v) is 7.33. The standard InChI is InChI=1S/C15H23N3O/c1-18-6-2-3-14(18)10-16-15(19)9-11-7-12-4-5-13(8-11)17-12/h2-3,6,11-13,17H,4-5,7-10H2,1H3,(H,16,19). The third-order valence-electron chi connectivity index (χ3n) is 4.56. The maximum absolute atomic E-state index is 12.0. The van der Waals surface area contributed by atoms with Gasteiger partial charge in [-0.05, 0) is 43.7 Å². The number of nitrogens with zero attached hydrogens (tertiary/aromatic N) is 1. The van der Waals surface area contributed by atoms with Gasteiger partial charge in [0.25, 0.3) is 0 Å². The first-order chi connectivity index (χ1) is 9.20. The zero-order valence-electron chi connectivity index (χ0n) is 11.6. The number of amides is 1. The number of carbonyl (C=O) groups is 1. The van der Waals surface area contributed by atoms with Gasteiger partial charge < -0.3 is 15.2 Å². The number of fused-ring (bicyclic) bond motifs is 2. The average Bonchev–Trinajstić information content (AvgIpc) is 2.93. The fourth-order valence-corrected chi connectivity index (χ4v) is 3.55. The molecule has 1 aromatic heterocycles. The Hall–Kier alpha value is -1.29. The largest absolute Gasteiger partial charge is 0.353 e. The summed E-state index contributed by atoms with van der Waals surface area (Å²) >= 11 is 0. The Morgan fingerprint density at radius 1 is 1.42 bits per heavy atom. The quantitative estimate of drug-likeness (QED) is 0.864. The van der Waals surface area contributed by atoms with E-state index in [-0.39, 0.29) is 5.91 Å². The van der Waals surface area contributed by atoms with Gasteiger partial charge >= 0.3 is 0 Å². The molecule has 4 nitrogen and oxygen atoms in total. The third kappa shape index (κ3) is 3.00. The zero-order chi connectivity index (χ0) is 13.2. The van der Waals surface area contributed by atoms with Crippen molar-refractivity contribution in [2.24, 2.45) is 13.0 Å². The van der Waals surface area contributed by atoms with Crippen molar-refractivity contribution >= 4 is 5.91 Å². The maximum atomic E-state index is 12.0. The fraction of sp³-hybridized carbons (Fsp3) is 0.667. The molecule has 0 aromatic carbocycles. The lowest BCUT2D eigenvalue weighted by Gasteiger charge is -2.28. The molecule has 2 aliphatic heterocycles. The van der Waals surface area contributed by atoms with Crippen molar-refractivity contribution in [2.45, 2.75) is 50.7 Å². The van der Waals surface area contributed by atoms with Gasteiger partial charge in [0.2, 0.25) is 5.91 Å². The Morgan fingerprint density at radius 2 is 2.16 bits per heavy atom. The van der Waals surface area contributed by atoms with Crippen molar-refractivity contribution in [1.82, 2.24) is 15.2 Å². The Labute approximate surface area is 114 Å². The first kappa shape index (κ1) is 12.7. The Morgan fingerprint density at radius 3 is 2.79 bits per heavy atom. The molecule has 19 heavy (non-hydrogen) atoms. The Bertz CT molecular complexity index is 442. The minimum Gasteiger partial charge on any atom is -0.353 e. The molecule has 4 heteroatoms. The number of aromatic nitrogens is 1. The van der Waals surface area contributed by atoms with E-state index >= 15 is 0 Å². The predicted molar refractivity (Wildman–Crippen MR) is 74.5 cm³/mol. The number of carbonyl (C=O) groups excluding carboxylic acids is 1. The number of rotatable bonds is 4. The summed E-state index contributed by atoms with van der Waals surface area (Å²) in [6, 6.07) is 5.39. The average molecular weight is 261 g/mol. The van der Waals surface area contributed by atoms with Crippen molar-refractivity contribution in [2.75, 3.05) is 0 Å². The van der Waals surface area contributed by atoms with E-state index in [4.69, 9.17) is 0 Å². The zero-order valence-corrected chi connectivity index (χ0v) is 11.6. The van der Waals surface area contributed by atoms with E-state index in [1.165, 1.54) is 25.7 Å². The van der Waals surface area contributed by atoms with Crippen LogP contribution >= 0.6 is 0 Å². The number of aryl methyl sites for hydroxylation is 1. The maximum Gasteiger partial charge on any atom is 0.220 e. The van der Waals surface area contributed by atoms with E-state index < -0.39 is 0 Å². The van der Waals surface area contributed by atoms with Crippen LogP contribution in [0.2, 0.25) is 0 Å². The summed E-state index contributed by atoms with van der Waals surface area (Å²) in [5, 5.41) is 6.66. The normalized spacial score (nSPS) is 29.4. The molecule has 1 aromatic rings. The summed E-state index contributed by atoms with van der Waals surface area (Å²) in [4.78, 5) is 12.0. The highest BCUT2D eigenvalue weighted by molar-refractivity contribution is 5.76. The molecular weight excluding hydrogens is 238 g/mol. The summed E-state index contributed by atoms with van der Waals surface area (Å²) in [7, 11) is 2.01. The van der Waals surface area contributed by atoms with Gasteiger partial charge in [0.1, 0.15) is 0 Å². The van der Waals surface area contributed by atoms with Gasteiger partial charge in [0, 0.05) is 37.4 Å². The van der Waals surface area contributed by atoms with Crippen molar-refractivity contribution in [3.05, 3.63) is 24.0 Å². The molecule has 1 amide bonds. The highest BCUT2D eigenvalue weighted by Crippen LogP contribution is 2.32. The van der Waals surface area contributed by atoms with Crippen LogP contribution in [0.15, 0.2) is 18.3 Å². The van der Waals surface area contributed by atoms with Gasteiger partial charge in [-0.1, -0.05) is 0 Å². The van der Waals surface area contributed by atoms with E-state index in [0.717, 1.165) is 5.69 Å². The molecule has 2 N–H and O–H groups in total. The monoisotopic (exact) mass is 261 g/mol. The van der Waals surface area contributed by atoms with Crippen molar-refractivity contribution < 1.29 is 4.79 Å². The Balaban J connectivity index is 1.45. The van der Waals surface area contributed by atoms with Crippen LogP contribution in [0.25, 0.3) is 0 Å². The van der Waals surface area contributed by atoms with Crippen molar-refractivity contribution in [1.29, 1.82) is 0 Å². The summed E-state index contributed by atoms with van der Waals surface area (Å²) in [5.41, 5.74) is 1.15. The van der Waals surface area contributed by atoms with Crippen LogP contribution in [-0.4, -0.2) is 22.6 Å². The van der Waals surface area contributed by atoms with Crippen LogP contribution < -0.4 is 10.6 Å². The lowest BCUT2D eigenvalue weighted by Crippen LogP contribution is -2.39. The molecule has 2 atom stereocenters. The number of hydrogen-bond acceptors (Lipinski definition) is 2. The fourth-order valence-electron chi connectivity index (χ4n) is 3.55. The highest BCUT2D eigenvalue weighted by Gasteiger charge is 2.34. The minimum absolute atomic E-state index is 0.201. The van der Waals surface area contributed by atoms with Gasteiger partial charge in [0.15, 0.2) is 0 Å². The minimum atomic E-state index is 0.201. The Kier molecular flexibility index (Phi) is 3.60. The molecule has 0 spiro atoms. The lowest BCUT2D eigenvalue weighted by atomic mass is 9.89. The smallest absolute Gasteiger partial charge is 0.220 e. The molecule has 2 fully saturated rings. The molecule has 2 unspecified atom stereocenters. The number of piperidine rings is 1. The summed E-state index contributed by atoms with van der Waals surface area (Å²) < 4.78 is 2.05. The van der Waals surface area contributed by atoms with Crippen LogP contribution in [-0.2, 0) is 18.4 Å². The van der Waals surface area contributed by atoms with Crippen LogP contribution in [0.1, 0.15) is 37.8 Å². The molecule has 3 rings (SSSR count). The van der Waals surface area contributed by atoms with Crippen LogP contribution in [0.5, 0.6) is 0 Å². The number of nitrogens with one attached hydrogen (secondary N) is 2. The van der Waals surface area contributed by atoms with Crippen molar-refractivity contribution in [3.8, 4) is 0 Å². The lowest BCUT2D eigenvalue weighted by molar-refractivity contribution is -0.122. The van der Waals surface area contributed by atoms with E-state index in [2.05, 4.69) is 10.6 Å². The van der Waals surface area contributed by atoms with Gasteiger partial charge in [-0.15, -0.1) is 0 Å². The van der Waals surface area contributed by atoms with E-state index in [1.807, 2.05) is 29.9 Å². The molecule has 0 aliphatic carbocycles. The molecule has 0 radical (unpaired) electrons. The molecule has 2 bridgehead atoms. The van der Waals surface area contributed by atoms with Gasteiger partial charge in [-0.25, -0.2) is 0 Å². The van der Waals surface area contributed by atoms with Crippen molar-refractivity contribution in [3.63, 3.8) is 0 Å². The second kappa shape index (κ2) is 5.37. The van der Waals surface area contributed by atoms with Gasteiger partial charge in [0.05, 0.1) is 6.54 Å². The summed E-state index contributed by atoms with van der Waals surface area (Å²) in [6.45, 7) is 0.639. The SMILES string of the molecule is Cn1cccc1CNC(=O)CC1CC2CCC(C1)N2. The molecule has 104 valence electrons. The second-order valence-corrected chi connectivity index (χ2v) is 6.07. The van der Waals surface area contributed by atoms with E-state index in [0.29, 0.717) is 31.0 Å². The predicted octanol–water partition coefficient (Wildman–Crippen LogP) is 1.56. The van der Waals surface area contributed by atoms with E-state index in [1.54, 1.807) is 0 Å². The van der Waals surface area contributed by atoms with Crippen LogP contribution in [0.3, 0.4) is 0 Å². The third-order valence-corrected chi connectivity index (χ3v) is 4.56. The molecular formula is C15H23N3O. The highest BCUT2D eigenvalue weighted by atomic mass is 16.1. The second-order valence-electron chi connectivity index (χ2n) is 6.07. The molecule has 3 heterocycles. The van der Waals surface area contributed by atoms with Crippen LogP contribution in [0, 0.1) is 5.92 Å². The van der Waals surface area contributed by atoms with Gasteiger partial charge in [-0.3, -0.25) is 4.79 Å². The molecule has 2 saturated heterocycles. The van der Waals surface area contributed by atoms with E-state index in [9.17, 15) is 4.79 Å².